The Morgan fingerprint density at radius 2 is 1.72 bits per heavy atom. The van der Waals surface area contributed by atoms with Gasteiger partial charge < -0.3 is 29.2 Å². The van der Waals surface area contributed by atoms with Gasteiger partial charge in [0.05, 0.1) is 20.8 Å². The lowest BCUT2D eigenvalue weighted by molar-refractivity contribution is -0.118. The van der Waals surface area contributed by atoms with Crippen molar-refractivity contribution < 1.29 is 28.5 Å². The van der Waals surface area contributed by atoms with Crippen molar-refractivity contribution >= 4 is 23.3 Å². The number of hydrogen-bond donors (Lipinski definition) is 2. The van der Waals surface area contributed by atoms with Crippen LogP contribution in [0.4, 0.5) is 16.2 Å². The third-order valence-electron chi connectivity index (χ3n) is 4.24. The topological polar surface area (TPSA) is 98.4 Å². The molecule has 9 heteroatoms. The lowest BCUT2D eigenvalue weighted by Gasteiger charge is -2.20. The van der Waals surface area contributed by atoms with Gasteiger partial charge in [-0.05, 0) is 24.3 Å². The van der Waals surface area contributed by atoms with Crippen LogP contribution in [0.15, 0.2) is 36.4 Å². The van der Waals surface area contributed by atoms with Crippen molar-refractivity contribution in [2.24, 2.45) is 0 Å². The number of fused-ring (bicyclic) bond motifs is 1. The van der Waals surface area contributed by atoms with Crippen LogP contribution in [-0.2, 0) is 4.79 Å². The third-order valence-corrected chi connectivity index (χ3v) is 4.24. The molecule has 0 atom stereocenters. The van der Waals surface area contributed by atoms with Crippen molar-refractivity contribution in [3.05, 3.63) is 36.4 Å². The Balaban J connectivity index is 1.55. The maximum Gasteiger partial charge on any atom is 0.325 e. The maximum absolute atomic E-state index is 12.2. The molecule has 1 aliphatic heterocycles. The minimum atomic E-state index is -0.632. The molecule has 0 aliphatic carbocycles. The zero-order chi connectivity index (χ0) is 20.8. The molecule has 3 rings (SSSR count). The number of methoxy groups -OCH3 is 2. The fraction of sp³-hybridized carbons (Fsp3) is 0.300. The van der Waals surface area contributed by atoms with Crippen LogP contribution in [0, 0.1) is 0 Å². The third kappa shape index (κ3) is 5.01. The first-order valence-electron chi connectivity index (χ1n) is 8.94. The van der Waals surface area contributed by atoms with Crippen LogP contribution in [0.2, 0.25) is 0 Å². The van der Waals surface area contributed by atoms with Gasteiger partial charge in [0.15, 0.2) is 23.0 Å². The normalized spacial score (nSPS) is 12.0. The van der Waals surface area contributed by atoms with E-state index in [4.69, 9.17) is 18.9 Å². The molecule has 2 aromatic carbocycles. The van der Waals surface area contributed by atoms with E-state index in [0.29, 0.717) is 41.9 Å². The Labute approximate surface area is 168 Å². The number of amides is 3. The molecule has 9 nitrogen and oxygen atoms in total. The van der Waals surface area contributed by atoms with Crippen molar-refractivity contribution in [2.75, 3.05) is 51.2 Å². The second-order valence-electron chi connectivity index (χ2n) is 6.26. The van der Waals surface area contributed by atoms with E-state index >= 15 is 0 Å². The van der Waals surface area contributed by atoms with Crippen molar-refractivity contribution in [3.63, 3.8) is 0 Å². The van der Waals surface area contributed by atoms with E-state index in [1.807, 2.05) is 0 Å². The molecule has 0 spiro atoms. The van der Waals surface area contributed by atoms with Crippen molar-refractivity contribution in [2.45, 2.75) is 0 Å². The molecule has 2 aromatic rings. The number of likely N-dealkylation sites (N-methyl/N-ethyl adjacent to an activating group) is 1. The molecule has 3 amide bonds. The summed E-state index contributed by atoms with van der Waals surface area (Å²) >= 11 is 0. The molecule has 29 heavy (non-hydrogen) atoms. The van der Waals surface area contributed by atoms with Crippen molar-refractivity contribution in [1.82, 2.24) is 5.32 Å². The number of urea groups is 1. The number of nitrogens with zero attached hydrogens (tertiary/aromatic N) is 1. The smallest absolute Gasteiger partial charge is 0.325 e. The molecule has 0 radical (unpaired) electrons. The lowest BCUT2D eigenvalue weighted by atomic mass is 10.2. The summed E-state index contributed by atoms with van der Waals surface area (Å²) in [6, 6.07) is 9.69. The fourth-order valence-corrected chi connectivity index (χ4v) is 2.82. The summed E-state index contributed by atoms with van der Waals surface area (Å²) in [6.07, 6.45) is 0. The van der Waals surface area contributed by atoms with Crippen molar-refractivity contribution in [3.8, 4) is 23.0 Å². The quantitative estimate of drug-likeness (QED) is 0.766. The first-order chi connectivity index (χ1) is 14.0. The van der Waals surface area contributed by atoms with E-state index in [1.165, 1.54) is 7.11 Å². The zero-order valence-electron chi connectivity index (χ0n) is 16.5. The van der Waals surface area contributed by atoms with Crippen LogP contribution in [0.3, 0.4) is 0 Å². The number of rotatable bonds is 6. The average molecular weight is 401 g/mol. The largest absolute Gasteiger partial charge is 0.493 e. The second kappa shape index (κ2) is 9.05. The average Bonchev–Trinajstić information content (AvgIpc) is 2.72. The van der Waals surface area contributed by atoms with Crippen LogP contribution >= 0.6 is 0 Å². The monoisotopic (exact) mass is 401 g/mol. The van der Waals surface area contributed by atoms with Gasteiger partial charge in [-0.1, -0.05) is 0 Å². The van der Waals surface area contributed by atoms with E-state index in [1.54, 1.807) is 55.5 Å². The number of hydrogen-bond acceptors (Lipinski definition) is 7. The molecule has 0 unspecified atom stereocenters. The SMILES string of the molecule is COc1ccc(N(C)CC(=O)NC(=O)Nc2ccc3c(c2)OCCO3)cc1OC. The van der Waals surface area contributed by atoms with Gasteiger partial charge in [-0.15, -0.1) is 0 Å². The van der Waals surface area contributed by atoms with E-state index in [0.717, 1.165) is 5.69 Å². The summed E-state index contributed by atoms with van der Waals surface area (Å²) in [5, 5.41) is 4.91. The van der Waals surface area contributed by atoms with Gasteiger partial charge >= 0.3 is 6.03 Å². The number of anilines is 2. The van der Waals surface area contributed by atoms with Gasteiger partial charge in [0.1, 0.15) is 13.2 Å². The number of carbonyl (C=O) groups is 2. The van der Waals surface area contributed by atoms with Crippen LogP contribution in [0.1, 0.15) is 0 Å². The zero-order valence-corrected chi connectivity index (χ0v) is 16.5. The molecule has 0 bridgehead atoms. The molecule has 0 aromatic heterocycles. The molecule has 2 N–H and O–H groups in total. The minimum absolute atomic E-state index is 0.0238. The maximum atomic E-state index is 12.2. The van der Waals surface area contributed by atoms with E-state index in [-0.39, 0.29) is 6.54 Å². The predicted molar refractivity (Wildman–Crippen MR) is 107 cm³/mol. The first kappa shape index (κ1) is 20.1. The van der Waals surface area contributed by atoms with Crippen LogP contribution in [0.5, 0.6) is 23.0 Å². The predicted octanol–water partition coefficient (Wildman–Crippen LogP) is 2.26. The van der Waals surface area contributed by atoms with Crippen LogP contribution < -0.4 is 34.5 Å². The number of imide groups is 1. The Hall–Kier alpha value is -3.62. The molecular formula is C20H23N3O6. The Morgan fingerprint density at radius 1 is 1.00 bits per heavy atom. The summed E-state index contributed by atoms with van der Waals surface area (Å²) in [5.41, 5.74) is 1.23. The highest BCUT2D eigenvalue weighted by Gasteiger charge is 2.15. The van der Waals surface area contributed by atoms with Gasteiger partial charge in [0, 0.05) is 30.6 Å². The fourth-order valence-electron chi connectivity index (χ4n) is 2.82. The Kier molecular flexibility index (Phi) is 6.28. The van der Waals surface area contributed by atoms with Gasteiger partial charge in [-0.2, -0.15) is 0 Å². The van der Waals surface area contributed by atoms with Gasteiger partial charge in [-0.3, -0.25) is 10.1 Å². The lowest BCUT2D eigenvalue weighted by Crippen LogP contribution is -2.40. The molecular weight excluding hydrogens is 378 g/mol. The highest BCUT2D eigenvalue weighted by atomic mass is 16.6. The van der Waals surface area contributed by atoms with Gasteiger partial charge in [0.2, 0.25) is 5.91 Å². The molecule has 1 aliphatic rings. The summed E-state index contributed by atoms with van der Waals surface area (Å²) in [6.45, 7) is 0.913. The summed E-state index contributed by atoms with van der Waals surface area (Å²) < 4.78 is 21.4. The van der Waals surface area contributed by atoms with E-state index in [9.17, 15) is 9.59 Å². The number of benzene rings is 2. The second-order valence-corrected chi connectivity index (χ2v) is 6.26. The minimum Gasteiger partial charge on any atom is -0.493 e. The molecule has 154 valence electrons. The first-order valence-corrected chi connectivity index (χ1v) is 8.94. The van der Waals surface area contributed by atoms with E-state index in [2.05, 4.69) is 10.6 Å². The van der Waals surface area contributed by atoms with Crippen molar-refractivity contribution in [1.29, 1.82) is 0 Å². The van der Waals surface area contributed by atoms with E-state index < -0.39 is 11.9 Å². The molecule has 0 saturated heterocycles. The number of ether oxygens (including phenoxy) is 4. The molecule has 0 saturated carbocycles. The van der Waals surface area contributed by atoms with Crippen LogP contribution in [-0.4, -0.2) is 53.0 Å². The summed E-state index contributed by atoms with van der Waals surface area (Å²) in [5.74, 6) is 1.85. The van der Waals surface area contributed by atoms with Crippen LogP contribution in [0.25, 0.3) is 0 Å². The molecule has 0 fully saturated rings. The Morgan fingerprint density at radius 3 is 2.45 bits per heavy atom. The highest BCUT2D eigenvalue weighted by Crippen LogP contribution is 2.33. The van der Waals surface area contributed by atoms with Gasteiger partial charge in [0.25, 0.3) is 0 Å². The highest BCUT2D eigenvalue weighted by molar-refractivity contribution is 6.02. The summed E-state index contributed by atoms with van der Waals surface area (Å²) in [4.78, 5) is 26.0. The number of carbonyl (C=O) groups excluding carboxylic acids is 2. The standard InChI is InChI=1S/C20H23N3O6/c1-23(14-5-7-15(26-2)17(11-14)27-3)12-19(24)22-20(25)21-13-4-6-16-18(10-13)29-9-8-28-16/h4-7,10-11H,8-9,12H2,1-3H3,(H2,21,22,24,25). The number of nitrogens with one attached hydrogen (secondary N) is 2. The molecule has 1 heterocycles. The Bertz CT molecular complexity index is 902. The summed E-state index contributed by atoms with van der Waals surface area (Å²) in [7, 11) is 4.82. The van der Waals surface area contributed by atoms with Gasteiger partial charge in [-0.25, -0.2) is 4.79 Å².